The molecule has 1 amide bonds. The Morgan fingerprint density at radius 2 is 1.56 bits per heavy atom. The van der Waals surface area contributed by atoms with E-state index in [9.17, 15) is 4.79 Å². The largest absolute Gasteiger partial charge is 0.337 e. The van der Waals surface area contributed by atoms with Crippen molar-refractivity contribution in [2.75, 3.05) is 26.2 Å². The van der Waals surface area contributed by atoms with Crippen molar-refractivity contribution in [1.82, 2.24) is 9.80 Å². The van der Waals surface area contributed by atoms with E-state index in [2.05, 4.69) is 29.2 Å². The van der Waals surface area contributed by atoms with Crippen LogP contribution in [0.15, 0.2) is 60.7 Å². The fourth-order valence-electron chi connectivity index (χ4n) is 3.01. The highest BCUT2D eigenvalue weighted by atomic mass is 16.2. The third-order valence-corrected chi connectivity index (χ3v) is 4.57. The molecule has 1 aliphatic rings. The first kappa shape index (κ1) is 20.9. The number of nitrogens with two attached hydrogens (primary N) is 1. The lowest BCUT2D eigenvalue weighted by Crippen LogP contribution is -2.47. The van der Waals surface area contributed by atoms with Crippen LogP contribution in [0.1, 0.15) is 30.5 Å². The van der Waals surface area contributed by atoms with Crippen molar-refractivity contribution in [2.45, 2.75) is 26.9 Å². The van der Waals surface area contributed by atoms with Gasteiger partial charge in [0.2, 0.25) is 5.91 Å². The maximum absolute atomic E-state index is 12.4. The van der Waals surface area contributed by atoms with Crippen LogP contribution in [0, 0.1) is 0 Å². The quantitative estimate of drug-likeness (QED) is 0.825. The van der Waals surface area contributed by atoms with Crippen molar-refractivity contribution >= 4 is 12.0 Å². The summed E-state index contributed by atoms with van der Waals surface area (Å²) in [5, 5.41) is 0. The molecule has 0 aliphatic carbocycles. The first-order valence-corrected chi connectivity index (χ1v) is 9.77. The minimum atomic E-state index is 0.0854. The standard InChI is InChI=1S/C21H25N3O.C2H6/c22-16-19-8-6-18(7-9-19)10-11-21(25)24-14-12-23(13-15-24)17-20-4-2-1-3-5-20;1-2/h1-11H,12-17,22H2;1-2H3/b11-10+;. The van der Waals surface area contributed by atoms with Gasteiger partial charge in [0.25, 0.3) is 0 Å². The van der Waals surface area contributed by atoms with Crippen LogP contribution in [-0.4, -0.2) is 41.9 Å². The molecule has 2 aromatic rings. The highest BCUT2D eigenvalue weighted by Crippen LogP contribution is 2.10. The van der Waals surface area contributed by atoms with Gasteiger partial charge in [-0.1, -0.05) is 68.4 Å². The molecule has 0 unspecified atom stereocenters. The maximum Gasteiger partial charge on any atom is 0.246 e. The number of benzene rings is 2. The molecule has 3 rings (SSSR count). The summed E-state index contributed by atoms with van der Waals surface area (Å²) in [6.45, 7) is 8.88. The lowest BCUT2D eigenvalue weighted by Gasteiger charge is -2.34. The zero-order valence-corrected chi connectivity index (χ0v) is 16.5. The molecule has 144 valence electrons. The molecule has 2 N–H and O–H groups in total. The van der Waals surface area contributed by atoms with E-state index in [1.807, 2.05) is 55.2 Å². The Kier molecular flexibility index (Phi) is 8.75. The van der Waals surface area contributed by atoms with Crippen LogP contribution in [0.3, 0.4) is 0 Å². The number of rotatable bonds is 5. The van der Waals surface area contributed by atoms with Crippen molar-refractivity contribution in [1.29, 1.82) is 0 Å². The molecule has 0 saturated carbocycles. The zero-order valence-electron chi connectivity index (χ0n) is 16.5. The molecule has 1 heterocycles. The molecule has 0 spiro atoms. The smallest absolute Gasteiger partial charge is 0.246 e. The number of nitrogens with zero attached hydrogens (tertiary/aromatic N) is 2. The van der Waals surface area contributed by atoms with Crippen LogP contribution in [0.25, 0.3) is 6.08 Å². The van der Waals surface area contributed by atoms with Gasteiger partial charge in [-0.05, 0) is 22.8 Å². The summed E-state index contributed by atoms with van der Waals surface area (Å²) in [5.74, 6) is 0.0854. The fraction of sp³-hybridized carbons (Fsp3) is 0.348. The number of piperazine rings is 1. The number of carbonyl (C=O) groups excluding carboxylic acids is 1. The molecule has 0 atom stereocenters. The molecular formula is C23H31N3O. The van der Waals surface area contributed by atoms with Crippen LogP contribution in [-0.2, 0) is 17.9 Å². The van der Waals surface area contributed by atoms with Gasteiger partial charge in [-0.2, -0.15) is 0 Å². The lowest BCUT2D eigenvalue weighted by molar-refractivity contribution is -0.127. The number of carbonyl (C=O) groups is 1. The Balaban J connectivity index is 0.00000126. The summed E-state index contributed by atoms with van der Waals surface area (Å²) in [5.41, 5.74) is 9.04. The highest BCUT2D eigenvalue weighted by molar-refractivity contribution is 5.91. The molecule has 2 aromatic carbocycles. The molecule has 1 fully saturated rings. The summed E-state index contributed by atoms with van der Waals surface area (Å²) in [4.78, 5) is 16.7. The topological polar surface area (TPSA) is 49.6 Å². The van der Waals surface area contributed by atoms with Gasteiger partial charge in [0.15, 0.2) is 0 Å². The van der Waals surface area contributed by atoms with E-state index >= 15 is 0 Å². The molecule has 0 bridgehead atoms. The Bertz CT molecular complexity index is 702. The zero-order chi connectivity index (χ0) is 19.5. The Hall–Kier alpha value is -2.43. The van der Waals surface area contributed by atoms with Crippen LogP contribution >= 0.6 is 0 Å². The van der Waals surface area contributed by atoms with Gasteiger partial charge in [0.1, 0.15) is 0 Å². The van der Waals surface area contributed by atoms with E-state index < -0.39 is 0 Å². The van der Waals surface area contributed by atoms with Crippen LogP contribution < -0.4 is 5.73 Å². The highest BCUT2D eigenvalue weighted by Gasteiger charge is 2.19. The van der Waals surface area contributed by atoms with Gasteiger partial charge in [0.05, 0.1) is 0 Å². The Morgan fingerprint density at radius 1 is 0.926 bits per heavy atom. The normalized spacial score (nSPS) is 14.7. The fourth-order valence-corrected chi connectivity index (χ4v) is 3.01. The molecule has 1 saturated heterocycles. The van der Waals surface area contributed by atoms with E-state index in [4.69, 9.17) is 5.73 Å². The van der Waals surface area contributed by atoms with Crippen molar-refractivity contribution < 1.29 is 4.79 Å². The predicted molar refractivity (Wildman–Crippen MR) is 113 cm³/mol. The minimum Gasteiger partial charge on any atom is -0.337 e. The summed E-state index contributed by atoms with van der Waals surface area (Å²) in [7, 11) is 0. The van der Waals surface area contributed by atoms with Gasteiger partial charge in [-0.25, -0.2) is 0 Å². The summed E-state index contributed by atoms with van der Waals surface area (Å²) < 4.78 is 0. The van der Waals surface area contributed by atoms with Gasteiger partial charge in [0, 0.05) is 45.3 Å². The lowest BCUT2D eigenvalue weighted by atomic mass is 10.1. The first-order valence-electron chi connectivity index (χ1n) is 9.77. The van der Waals surface area contributed by atoms with Gasteiger partial charge < -0.3 is 10.6 Å². The van der Waals surface area contributed by atoms with Crippen molar-refractivity contribution in [3.8, 4) is 0 Å². The monoisotopic (exact) mass is 365 g/mol. The van der Waals surface area contributed by atoms with E-state index in [1.165, 1.54) is 5.56 Å². The molecule has 4 heteroatoms. The third kappa shape index (κ3) is 6.66. The van der Waals surface area contributed by atoms with Crippen molar-refractivity contribution in [3.05, 3.63) is 77.4 Å². The summed E-state index contributed by atoms with van der Waals surface area (Å²) in [6.07, 6.45) is 3.54. The predicted octanol–water partition coefficient (Wildman–Crippen LogP) is 3.53. The van der Waals surface area contributed by atoms with E-state index in [-0.39, 0.29) is 5.91 Å². The van der Waals surface area contributed by atoms with E-state index in [0.717, 1.165) is 43.9 Å². The maximum atomic E-state index is 12.4. The second-order valence-corrected chi connectivity index (χ2v) is 6.37. The third-order valence-electron chi connectivity index (χ3n) is 4.57. The van der Waals surface area contributed by atoms with Crippen LogP contribution in [0.2, 0.25) is 0 Å². The van der Waals surface area contributed by atoms with E-state index in [0.29, 0.717) is 6.54 Å². The van der Waals surface area contributed by atoms with Crippen LogP contribution in [0.5, 0.6) is 0 Å². The Labute approximate surface area is 163 Å². The summed E-state index contributed by atoms with van der Waals surface area (Å²) in [6, 6.07) is 18.4. The van der Waals surface area contributed by atoms with Crippen LogP contribution in [0.4, 0.5) is 0 Å². The Morgan fingerprint density at radius 3 is 2.15 bits per heavy atom. The van der Waals surface area contributed by atoms with E-state index in [1.54, 1.807) is 6.08 Å². The number of amides is 1. The SMILES string of the molecule is CC.NCc1ccc(/C=C/C(=O)N2CCN(Cc3ccccc3)CC2)cc1. The molecule has 27 heavy (non-hydrogen) atoms. The van der Waals surface area contributed by atoms with Gasteiger partial charge in [-0.3, -0.25) is 9.69 Å². The summed E-state index contributed by atoms with van der Waals surface area (Å²) >= 11 is 0. The molecule has 1 aliphatic heterocycles. The van der Waals surface area contributed by atoms with Crippen molar-refractivity contribution in [3.63, 3.8) is 0 Å². The second kappa shape index (κ2) is 11.3. The minimum absolute atomic E-state index is 0.0854. The number of hydrogen-bond donors (Lipinski definition) is 1. The molecule has 4 nitrogen and oxygen atoms in total. The van der Waals surface area contributed by atoms with Crippen molar-refractivity contribution in [2.24, 2.45) is 5.73 Å². The first-order chi connectivity index (χ1) is 13.2. The molecular weight excluding hydrogens is 334 g/mol. The molecule has 0 radical (unpaired) electrons. The average Bonchev–Trinajstić information content (AvgIpc) is 2.75. The van der Waals surface area contributed by atoms with Gasteiger partial charge in [-0.15, -0.1) is 0 Å². The second-order valence-electron chi connectivity index (χ2n) is 6.37. The molecule has 0 aromatic heterocycles. The average molecular weight is 366 g/mol. The number of hydrogen-bond acceptors (Lipinski definition) is 3. The van der Waals surface area contributed by atoms with Gasteiger partial charge >= 0.3 is 0 Å².